The van der Waals surface area contributed by atoms with Gasteiger partial charge in [-0.3, -0.25) is 9.59 Å². The number of ether oxygens (including phenoxy) is 3. The van der Waals surface area contributed by atoms with Crippen LogP contribution in [0.1, 0.15) is 412 Å². The average Bonchev–Trinajstić information content (AvgIpc) is 1.20. The molecule has 0 aromatic heterocycles. The molecule has 0 saturated carbocycles. The van der Waals surface area contributed by atoms with Crippen LogP contribution in [0, 0.1) is 0 Å². The van der Waals surface area contributed by atoms with Gasteiger partial charge in [-0.1, -0.05) is 357 Å². The molecule has 1 aliphatic heterocycles. The van der Waals surface area contributed by atoms with Gasteiger partial charge >= 0.3 is 5.97 Å². The Balaban J connectivity index is 1.92. The summed E-state index contributed by atoms with van der Waals surface area (Å²) in [5.74, 6) is -0.180. The number of carbonyl (C=O) groups is 2. The zero-order valence-corrected chi connectivity index (χ0v) is 63.6. The van der Waals surface area contributed by atoms with Crippen molar-refractivity contribution in [3.8, 4) is 0 Å². The van der Waals surface area contributed by atoms with E-state index in [0.717, 1.165) is 64.2 Å². The third-order valence-corrected chi connectivity index (χ3v) is 19.8. The molecule has 0 aromatic rings. The molecule has 1 heterocycles. The Bertz CT molecular complexity index is 1800. The molecule has 7 atom stereocenters. The van der Waals surface area contributed by atoms with Crippen LogP contribution in [0.5, 0.6) is 0 Å². The first-order valence-electron chi connectivity index (χ1n) is 42.1. The molecule has 11 heteroatoms. The van der Waals surface area contributed by atoms with E-state index in [4.69, 9.17) is 14.2 Å². The van der Waals surface area contributed by atoms with Crippen LogP contribution >= 0.6 is 0 Å². The van der Waals surface area contributed by atoms with E-state index in [1.165, 1.54) is 321 Å². The van der Waals surface area contributed by atoms with E-state index in [-0.39, 0.29) is 18.5 Å². The molecule has 0 radical (unpaired) electrons. The number of carbonyl (C=O) groups excluding carboxylic acids is 2. The van der Waals surface area contributed by atoms with E-state index < -0.39 is 49.5 Å². The summed E-state index contributed by atoms with van der Waals surface area (Å²) in [6.45, 7) is 4.37. The van der Waals surface area contributed by atoms with Gasteiger partial charge in [-0.05, 0) is 103 Å². The van der Waals surface area contributed by atoms with Crippen LogP contribution in [0.4, 0.5) is 0 Å². The maximum atomic E-state index is 13.1. The van der Waals surface area contributed by atoms with Crippen LogP contribution in [0.25, 0.3) is 0 Å². The molecule has 97 heavy (non-hydrogen) atoms. The minimum atomic E-state index is -1.58. The van der Waals surface area contributed by atoms with E-state index in [9.17, 15) is 35.1 Å². The topological polar surface area (TPSA) is 175 Å². The maximum Gasteiger partial charge on any atom is 0.305 e. The largest absolute Gasteiger partial charge is 0.466 e. The average molecular weight is 1370 g/mol. The molecular formula is C86H159NO10. The summed E-state index contributed by atoms with van der Waals surface area (Å²) in [7, 11) is 0. The molecule has 568 valence electrons. The number of hydrogen-bond acceptors (Lipinski definition) is 10. The SMILES string of the molecule is CCCCCCCC/C=C\CCCCCCCC(=O)OCCCCCCCCCCCCCCCCC/C=C\C/C=C\CCCCCCCCCCCCCCCCCCCC(=O)NC(COC1OC(CO)C(O)C(O)C1O)C(O)/C=C/CC/C=C/CCCCCCCCCCC. The Morgan fingerprint density at radius 3 is 1.08 bits per heavy atom. The summed E-state index contributed by atoms with van der Waals surface area (Å²) in [4.78, 5) is 25.2. The predicted molar refractivity (Wildman–Crippen MR) is 412 cm³/mol. The molecule has 6 N–H and O–H groups in total. The summed E-state index contributed by atoms with van der Waals surface area (Å²) >= 11 is 0. The molecule has 7 unspecified atom stereocenters. The van der Waals surface area contributed by atoms with Gasteiger partial charge in [0, 0.05) is 12.8 Å². The van der Waals surface area contributed by atoms with Crippen molar-refractivity contribution in [1.29, 1.82) is 0 Å². The Labute approximate surface area is 598 Å². The lowest BCUT2D eigenvalue weighted by molar-refractivity contribution is -0.302. The highest BCUT2D eigenvalue weighted by Gasteiger charge is 2.44. The first-order chi connectivity index (χ1) is 47.7. The molecule has 0 aliphatic carbocycles. The second-order valence-corrected chi connectivity index (χ2v) is 29.2. The molecule has 1 saturated heterocycles. The van der Waals surface area contributed by atoms with Gasteiger partial charge < -0.3 is 45.1 Å². The van der Waals surface area contributed by atoms with Crippen molar-refractivity contribution in [2.24, 2.45) is 0 Å². The quantitative estimate of drug-likeness (QED) is 0.0195. The summed E-state index contributed by atoms with van der Waals surface area (Å²) in [6, 6.07) is -0.827. The molecule has 11 nitrogen and oxygen atoms in total. The standard InChI is InChI=1S/C86H159NO10/c1-3-5-7-9-11-13-15-17-44-48-52-56-60-64-68-72-79(89)78(77-96-86-85(94)84(93)83(92)80(76-88)97-86)87-81(90)73-69-65-61-57-53-49-46-42-40-38-36-34-32-30-28-26-24-22-20-19-21-23-25-27-29-31-33-35-37-39-41-43-47-51-55-59-63-67-71-75-95-82(91)74-70-66-62-58-54-50-45-18-16-14-12-10-8-6-4-2/h18-20,23,25,45,52,56,68,72,78-80,83-86,88-89,92-94H,3-17,21-22,24,26-44,46-51,53-55,57-67,69-71,73-77H2,1-2H3,(H,87,90)/b20-19-,25-23-,45-18-,56-52+,72-68+. The van der Waals surface area contributed by atoms with E-state index >= 15 is 0 Å². The van der Waals surface area contributed by atoms with Crippen LogP contribution in [0.15, 0.2) is 60.8 Å². The van der Waals surface area contributed by atoms with E-state index in [1.54, 1.807) is 6.08 Å². The maximum absolute atomic E-state index is 13.1. The van der Waals surface area contributed by atoms with Gasteiger partial charge in [-0.2, -0.15) is 0 Å². The lowest BCUT2D eigenvalue weighted by atomic mass is 9.99. The first-order valence-corrected chi connectivity index (χ1v) is 42.1. The molecular weight excluding hydrogens is 1210 g/mol. The highest BCUT2D eigenvalue weighted by atomic mass is 16.7. The van der Waals surface area contributed by atoms with E-state index in [2.05, 4.69) is 67.8 Å². The summed E-state index contributed by atoms with van der Waals surface area (Å²) in [5.41, 5.74) is 0. The monoisotopic (exact) mass is 1370 g/mol. The highest BCUT2D eigenvalue weighted by molar-refractivity contribution is 5.76. The molecule has 1 fully saturated rings. The Kier molecular flexibility index (Phi) is 71.0. The zero-order valence-electron chi connectivity index (χ0n) is 63.6. The van der Waals surface area contributed by atoms with Gasteiger partial charge in [0.05, 0.1) is 32.0 Å². The first kappa shape index (κ1) is 92.4. The Morgan fingerprint density at radius 2 is 0.701 bits per heavy atom. The second kappa shape index (κ2) is 74.5. The Hall–Kier alpha value is -2.64. The van der Waals surface area contributed by atoms with Gasteiger partial charge in [0.1, 0.15) is 24.4 Å². The smallest absolute Gasteiger partial charge is 0.305 e. The lowest BCUT2D eigenvalue weighted by Gasteiger charge is -2.40. The van der Waals surface area contributed by atoms with Crippen LogP contribution < -0.4 is 5.32 Å². The van der Waals surface area contributed by atoms with Crippen molar-refractivity contribution in [2.45, 2.75) is 455 Å². The molecule has 0 spiro atoms. The number of amides is 1. The van der Waals surface area contributed by atoms with Crippen LogP contribution in [0.2, 0.25) is 0 Å². The van der Waals surface area contributed by atoms with Gasteiger partial charge in [0.25, 0.3) is 0 Å². The number of unbranched alkanes of at least 4 members (excludes halogenated alkanes) is 53. The van der Waals surface area contributed by atoms with Crippen LogP contribution in [-0.4, -0.2) is 100 Å². The molecule has 0 bridgehead atoms. The summed E-state index contributed by atoms with van der Waals surface area (Å²) in [5, 5.41) is 54.6. The van der Waals surface area contributed by atoms with E-state index in [1.807, 2.05) is 6.08 Å². The highest BCUT2D eigenvalue weighted by Crippen LogP contribution is 2.24. The lowest BCUT2D eigenvalue weighted by Crippen LogP contribution is -2.60. The Morgan fingerprint density at radius 1 is 0.381 bits per heavy atom. The van der Waals surface area contributed by atoms with Crippen LogP contribution in [0.3, 0.4) is 0 Å². The summed E-state index contributed by atoms with van der Waals surface area (Å²) in [6.07, 6.45) is 91.2. The van der Waals surface area contributed by atoms with Crippen molar-refractivity contribution < 1.29 is 49.3 Å². The normalized spacial score (nSPS) is 17.5. The molecule has 1 rings (SSSR count). The molecule has 1 aliphatic rings. The van der Waals surface area contributed by atoms with Gasteiger partial charge in [-0.15, -0.1) is 0 Å². The number of allylic oxidation sites excluding steroid dienone is 9. The number of esters is 1. The molecule has 0 aromatic carbocycles. The zero-order chi connectivity index (χ0) is 70.1. The minimum Gasteiger partial charge on any atom is -0.466 e. The van der Waals surface area contributed by atoms with Crippen LogP contribution in [-0.2, 0) is 23.8 Å². The van der Waals surface area contributed by atoms with Crippen molar-refractivity contribution in [3.63, 3.8) is 0 Å². The third-order valence-electron chi connectivity index (χ3n) is 19.8. The fourth-order valence-electron chi connectivity index (χ4n) is 13.2. The van der Waals surface area contributed by atoms with Crippen molar-refractivity contribution >= 4 is 11.9 Å². The third kappa shape index (κ3) is 62.8. The summed E-state index contributed by atoms with van der Waals surface area (Å²) < 4.78 is 16.8. The number of aliphatic hydroxyl groups is 5. The number of aliphatic hydroxyl groups excluding tert-OH is 5. The minimum absolute atomic E-state index is 0.00686. The van der Waals surface area contributed by atoms with Gasteiger partial charge in [-0.25, -0.2) is 0 Å². The number of hydrogen-bond donors (Lipinski definition) is 6. The fourth-order valence-corrected chi connectivity index (χ4v) is 13.2. The van der Waals surface area contributed by atoms with Gasteiger partial charge in [0.2, 0.25) is 5.91 Å². The fraction of sp³-hybridized carbons (Fsp3) is 0.860. The second-order valence-electron chi connectivity index (χ2n) is 29.2. The van der Waals surface area contributed by atoms with E-state index in [0.29, 0.717) is 19.4 Å². The van der Waals surface area contributed by atoms with Crippen molar-refractivity contribution in [1.82, 2.24) is 5.32 Å². The predicted octanol–water partition coefficient (Wildman–Crippen LogP) is 23.2. The van der Waals surface area contributed by atoms with Gasteiger partial charge in [0.15, 0.2) is 6.29 Å². The van der Waals surface area contributed by atoms with Crippen molar-refractivity contribution in [3.05, 3.63) is 60.8 Å². The van der Waals surface area contributed by atoms with Crippen molar-refractivity contribution in [2.75, 3.05) is 19.8 Å². The number of rotatable bonds is 75. The molecule has 1 amide bonds. The number of nitrogens with one attached hydrogen (secondary N) is 1.